The average molecular weight is 174 g/mol. The topological polar surface area (TPSA) is 42.9 Å². The molecule has 2 aliphatic carbocycles. The molecular weight excluding hydrogens is 164 g/mol. The molecule has 0 radical (unpaired) electrons. The summed E-state index contributed by atoms with van der Waals surface area (Å²) < 4.78 is 0. The zero-order valence-electron chi connectivity index (χ0n) is 7.29. The third kappa shape index (κ3) is 1.07. The molecule has 0 amide bonds. The van der Waals surface area contributed by atoms with Crippen LogP contribution in [0.25, 0.3) is 0 Å². The van der Waals surface area contributed by atoms with Crippen LogP contribution in [0.4, 0.5) is 0 Å². The SMILES string of the molecule is O=C1CCc2cnc(C3CC3)nc21. The zero-order chi connectivity index (χ0) is 8.84. The quantitative estimate of drug-likeness (QED) is 0.647. The van der Waals surface area contributed by atoms with Crippen molar-refractivity contribution < 1.29 is 4.79 Å². The van der Waals surface area contributed by atoms with E-state index in [1.54, 1.807) is 0 Å². The van der Waals surface area contributed by atoms with Crippen LogP contribution in [0.15, 0.2) is 6.20 Å². The van der Waals surface area contributed by atoms with Crippen LogP contribution in [-0.2, 0) is 6.42 Å². The highest BCUT2D eigenvalue weighted by atomic mass is 16.1. The Labute approximate surface area is 76.2 Å². The lowest BCUT2D eigenvalue weighted by atomic mass is 10.2. The number of aromatic nitrogens is 2. The Morgan fingerprint density at radius 2 is 2.15 bits per heavy atom. The molecule has 66 valence electrons. The molecule has 0 spiro atoms. The van der Waals surface area contributed by atoms with Gasteiger partial charge < -0.3 is 0 Å². The molecule has 0 N–H and O–H groups in total. The monoisotopic (exact) mass is 174 g/mol. The molecule has 0 unspecified atom stereocenters. The van der Waals surface area contributed by atoms with Crippen molar-refractivity contribution in [2.75, 3.05) is 0 Å². The first-order valence-electron chi connectivity index (χ1n) is 4.73. The van der Waals surface area contributed by atoms with E-state index in [2.05, 4.69) is 9.97 Å². The molecule has 1 heterocycles. The molecule has 3 rings (SSSR count). The molecular formula is C10H10N2O. The van der Waals surface area contributed by atoms with Gasteiger partial charge in [-0.1, -0.05) is 0 Å². The predicted octanol–water partition coefficient (Wildman–Crippen LogP) is 1.48. The normalized spacial score (nSPS) is 20.5. The van der Waals surface area contributed by atoms with Crippen LogP contribution in [0.5, 0.6) is 0 Å². The summed E-state index contributed by atoms with van der Waals surface area (Å²) in [7, 11) is 0. The van der Waals surface area contributed by atoms with E-state index >= 15 is 0 Å². The molecule has 2 aliphatic rings. The van der Waals surface area contributed by atoms with Crippen molar-refractivity contribution in [2.45, 2.75) is 31.6 Å². The van der Waals surface area contributed by atoms with Gasteiger partial charge in [-0.05, 0) is 19.3 Å². The van der Waals surface area contributed by atoms with Gasteiger partial charge in [-0.25, -0.2) is 9.97 Å². The Morgan fingerprint density at radius 1 is 1.31 bits per heavy atom. The molecule has 1 saturated carbocycles. The van der Waals surface area contributed by atoms with Crippen molar-refractivity contribution in [1.29, 1.82) is 0 Å². The minimum Gasteiger partial charge on any atom is -0.292 e. The standard InChI is InChI=1S/C10H10N2O/c13-8-4-3-7-5-11-10(6-1-2-6)12-9(7)8/h5-6H,1-4H2. The van der Waals surface area contributed by atoms with E-state index in [4.69, 9.17) is 0 Å². The number of Topliss-reactive ketones (excluding diaryl/α,β-unsaturated/α-hetero) is 1. The maximum atomic E-state index is 11.4. The van der Waals surface area contributed by atoms with Crippen molar-refractivity contribution in [3.8, 4) is 0 Å². The van der Waals surface area contributed by atoms with Gasteiger partial charge >= 0.3 is 0 Å². The highest BCUT2D eigenvalue weighted by Crippen LogP contribution is 2.38. The second-order valence-electron chi connectivity index (χ2n) is 3.80. The minimum atomic E-state index is 0.194. The number of carbonyl (C=O) groups excluding carboxylic acids is 1. The molecule has 0 bridgehead atoms. The smallest absolute Gasteiger partial charge is 0.181 e. The van der Waals surface area contributed by atoms with Crippen molar-refractivity contribution in [1.82, 2.24) is 9.97 Å². The van der Waals surface area contributed by atoms with E-state index in [1.807, 2.05) is 6.20 Å². The first-order chi connectivity index (χ1) is 6.34. The van der Waals surface area contributed by atoms with Gasteiger partial charge in [0.2, 0.25) is 0 Å². The van der Waals surface area contributed by atoms with E-state index in [9.17, 15) is 4.79 Å². The number of hydrogen-bond acceptors (Lipinski definition) is 3. The number of fused-ring (bicyclic) bond motifs is 1. The third-order valence-electron chi connectivity index (χ3n) is 2.71. The number of aryl methyl sites for hydroxylation is 1. The van der Waals surface area contributed by atoms with Crippen molar-refractivity contribution in [2.24, 2.45) is 0 Å². The maximum Gasteiger partial charge on any atom is 0.181 e. The lowest BCUT2D eigenvalue weighted by molar-refractivity contribution is 0.0990. The number of nitrogens with zero attached hydrogens (tertiary/aromatic N) is 2. The molecule has 0 atom stereocenters. The molecule has 1 aromatic rings. The van der Waals surface area contributed by atoms with E-state index < -0.39 is 0 Å². The van der Waals surface area contributed by atoms with Crippen LogP contribution >= 0.6 is 0 Å². The highest BCUT2D eigenvalue weighted by Gasteiger charge is 2.29. The largest absolute Gasteiger partial charge is 0.292 e. The van der Waals surface area contributed by atoms with Crippen LogP contribution in [0.1, 0.15) is 47.1 Å². The summed E-state index contributed by atoms with van der Waals surface area (Å²) >= 11 is 0. The first kappa shape index (κ1) is 7.18. The zero-order valence-corrected chi connectivity index (χ0v) is 7.29. The Bertz CT molecular complexity index is 383. The third-order valence-corrected chi connectivity index (χ3v) is 2.71. The number of ketones is 1. The number of hydrogen-bond donors (Lipinski definition) is 0. The van der Waals surface area contributed by atoms with Crippen molar-refractivity contribution >= 4 is 5.78 Å². The molecule has 1 fully saturated rings. The van der Waals surface area contributed by atoms with Gasteiger partial charge in [0.1, 0.15) is 11.5 Å². The lowest BCUT2D eigenvalue weighted by Gasteiger charge is -1.99. The van der Waals surface area contributed by atoms with Gasteiger partial charge in [0.15, 0.2) is 5.78 Å². The summed E-state index contributed by atoms with van der Waals surface area (Å²) in [6, 6.07) is 0. The summed E-state index contributed by atoms with van der Waals surface area (Å²) in [5.41, 5.74) is 1.73. The molecule has 3 heteroatoms. The number of rotatable bonds is 1. The van der Waals surface area contributed by atoms with Crippen molar-refractivity contribution in [3.63, 3.8) is 0 Å². The van der Waals surface area contributed by atoms with Crippen LogP contribution in [0, 0.1) is 0 Å². The van der Waals surface area contributed by atoms with E-state index in [1.165, 1.54) is 12.8 Å². The van der Waals surface area contributed by atoms with Gasteiger partial charge in [-0.3, -0.25) is 4.79 Å². The lowest BCUT2D eigenvalue weighted by Crippen LogP contribution is -2.01. The van der Waals surface area contributed by atoms with Crippen LogP contribution in [0.3, 0.4) is 0 Å². The molecule has 0 aliphatic heterocycles. The molecule has 1 aromatic heterocycles. The van der Waals surface area contributed by atoms with Gasteiger partial charge in [0, 0.05) is 24.1 Å². The summed E-state index contributed by atoms with van der Waals surface area (Å²) in [6.45, 7) is 0. The average Bonchev–Trinajstić information content (AvgIpc) is 2.93. The summed E-state index contributed by atoms with van der Waals surface area (Å²) in [5, 5.41) is 0. The maximum absolute atomic E-state index is 11.4. The van der Waals surface area contributed by atoms with Gasteiger partial charge in [-0.15, -0.1) is 0 Å². The van der Waals surface area contributed by atoms with Gasteiger partial charge in [0.05, 0.1) is 0 Å². The highest BCUT2D eigenvalue weighted by molar-refractivity contribution is 5.98. The predicted molar refractivity (Wildman–Crippen MR) is 46.7 cm³/mol. The minimum absolute atomic E-state index is 0.194. The molecule has 3 nitrogen and oxygen atoms in total. The van der Waals surface area contributed by atoms with Crippen molar-refractivity contribution in [3.05, 3.63) is 23.3 Å². The second kappa shape index (κ2) is 2.37. The fraction of sp³-hybridized carbons (Fsp3) is 0.500. The van der Waals surface area contributed by atoms with Crippen LogP contribution < -0.4 is 0 Å². The van der Waals surface area contributed by atoms with Gasteiger partial charge in [-0.2, -0.15) is 0 Å². The summed E-state index contributed by atoms with van der Waals surface area (Å²) in [6.07, 6.45) is 5.66. The van der Waals surface area contributed by atoms with E-state index in [0.29, 0.717) is 18.0 Å². The molecule has 13 heavy (non-hydrogen) atoms. The van der Waals surface area contributed by atoms with Crippen LogP contribution in [0.2, 0.25) is 0 Å². The first-order valence-corrected chi connectivity index (χ1v) is 4.73. The fourth-order valence-corrected chi connectivity index (χ4v) is 1.75. The Morgan fingerprint density at radius 3 is 2.92 bits per heavy atom. The number of carbonyl (C=O) groups is 1. The molecule has 0 saturated heterocycles. The fourth-order valence-electron chi connectivity index (χ4n) is 1.75. The summed E-state index contributed by atoms with van der Waals surface area (Å²) in [4.78, 5) is 20.0. The summed E-state index contributed by atoms with van der Waals surface area (Å²) in [5.74, 6) is 1.62. The Hall–Kier alpha value is -1.25. The molecule has 0 aromatic carbocycles. The van der Waals surface area contributed by atoms with Crippen LogP contribution in [-0.4, -0.2) is 15.8 Å². The van der Waals surface area contributed by atoms with Gasteiger partial charge in [0.25, 0.3) is 0 Å². The Balaban J connectivity index is 2.09. The second-order valence-corrected chi connectivity index (χ2v) is 3.80. The Kier molecular flexibility index (Phi) is 1.31. The van der Waals surface area contributed by atoms with E-state index in [0.717, 1.165) is 17.8 Å². The van der Waals surface area contributed by atoms with E-state index in [-0.39, 0.29) is 5.78 Å².